The topological polar surface area (TPSA) is 50.0 Å². The first-order valence-corrected chi connectivity index (χ1v) is 6.49. The van der Waals surface area contributed by atoms with Gasteiger partial charge in [-0.25, -0.2) is 0 Å². The van der Waals surface area contributed by atoms with Crippen molar-refractivity contribution in [2.24, 2.45) is 17.3 Å². The van der Waals surface area contributed by atoms with E-state index in [0.29, 0.717) is 5.69 Å². The Balaban J connectivity index is 2.17. The fourth-order valence-electron chi connectivity index (χ4n) is 2.62. The van der Waals surface area contributed by atoms with Crippen LogP contribution in [-0.2, 0) is 13.6 Å². The Morgan fingerprint density at radius 1 is 1.15 bits per heavy atom. The van der Waals surface area contributed by atoms with E-state index < -0.39 is 0 Å². The molecule has 5 nitrogen and oxygen atoms in total. The maximum Gasteiger partial charge on any atom is 0.176 e. The Bertz CT molecular complexity index is 715. The number of hydrogen-bond acceptors (Lipinski definition) is 4. The summed E-state index contributed by atoms with van der Waals surface area (Å²) in [6.07, 6.45) is 0. The number of azo groups is 1. The third-order valence-electron chi connectivity index (χ3n) is 3.57. The number of hydrogen-bond donors (Lipinski definition) is 0. The van der Waals surface area contributed by atoms with Gasteiger partial charge in [0.25, 0.3) is 0 Å². The van der Waals surface area contributed by atoms with Crippen LogP contribution in [0.15, 0.2) is 40.6 Å². The number of nitrogens with zero attached hydrogens (tertiary/aromatic N) is 4. The Hall–Kier alpha value is -2.43. The molecular weight excluding hydrogens is 252 g/mol. The Kier molecular flexibility index (Phi) is 2.89. The van der Waals surface area contributed by atoms with Gasteiger partial charge in [-0.2, -0.15) is 5.11 Å². The van der Waals surface area contributed by atoms with Gasteiger partial charge in [-0.3, -0.25) is 4.79 Å². The lowest BCUT2D eigenvalue weighted by Gasteiger charge is -2.23. The monoisotopic (exact) mass is 268 g/mol. The van der Waals surface area contributed by atoms with Crippen molar-refractivity contribution >= 4 is 23.0 Å². The molecule has 0 amide bonds. The second kappa shape index (κ2) is 4.59. The molecule has 0 N–H and O–H groups in total. The van der Waals surface area contributed by atoms with Gasteiger partial charge in [0.05, 0.1) is 11.4 Å². The molecule has 0 saturated carbocycles. The van der Waals surface area contributed by atoms with Crippen LogP contribution in [0.4, 0.5) is 17.2 Å². The maximum absolute atomic E-state index is 11.7. The van der Waals surface area contributed by atoms with E-state index in [-0.39, 0.29) is 5.78 Å². The van der Waals surface area contributed by atoms with E-state index in [0.717, 1.165) is 29.3 Å². The predicted molar refractivity (Wildman–Crippen MR) is 78.1 cm³/mol. The van der Waals surface area contributed by atoms with Crippen LogP contribution in [0.1, 0.15) is 23.0 Å². The lowest BCUT2D eigenvalue weighted by atomic mass is 10.1. The standard InChI is InChI=1S/C15H16N4O/c1-10(20)14-8-13-15(19(14)3)18(2)9-11-6-4-5-7-12(11)16-17-13/h4-8H,9H2,1-3H3. The minimum atomic E-state index is 0.0281. The molecule has 1 aliphatic heterocycles. The van der Waals surface area contributed by atoms with Gasteiger partial charge < -0.3 is 9.47 Å². The molecule has 2 aromatic rings. The van der Waals surface area contributed by atoms with Crippen LogP contribution in [0.2, 0.25) is 0 Å². The number of fused-ring (bicyclic) bond motifs is 2. The molecule has 0 saturated heterocycles. The highest BCUT2D eigenvalue weighted by molar-refractivity contribution is 5.95. The van der Waals surface area contributed by atoms with Crippen LogP contribution in [0.3, 0.4) is 0 Å². The largest absolute Gasteiger partial charge is 0.355 e. The van der Waals surface area contributed by atoms with E-state index in [1.54, 1.807) is 13.0 Å². The maximum atomic E-state index is 11.7. The number of ketones is 1. The molecule has 20 heavy (non-hydrogen) atoms. The van der Waals surface area contributed by atoms with Crippen molar-refractivity contribution < 1.29 is 4.79 Å². The number of anilines is 1. The van der Waals surface area contributed by atoms with E-state index >= 15 is 0 Å². The molecule has 0 fully saturated rings. The minimum Gasteiger partial charge on any atom is -0.355 e. The molecule has 0 radical (unpaired) electrons. The SMILES string of the molecule is CC(=O)c1cc2c(n1C)N(C)Cc1ccccc1N=N2. The average Bonchev–Trinajstić information content (AvgIpc) is 2.72. The summed E-state index contributed by atoms with van der Waals surface area (Å²) in [4.78, 5) is 13.8. The summed E-state index contributed by atoms with van der Waals surface area (Å²) in [5.41, 5.74) is 3.37. The average molecular weight is 268 g/mol. The highest BCUT2D eigenvalue weighted by Crippen LogP contribution is 2.36. The summed E-state index contributed by atoms with van der Waals surface area (Å²) in [6.45, 7) is 2.30. The molecule has 0 bridgehead atoms. The second-order valence-corrected chi connectivity index (χ2v) is 5.04. The molecule has 0 atom stereocenters. The van der Waals surface area contributed by atoms with E-state index in [4.69, 9.17) is 0 Å². The number of carbonyl (C=O) groups excluding carboxylic acids is 1. The summed E-state index contributed by atoms with van der Waals surface area (Å²) in [7, 11) is 3.88. The smallest absolute Gasteiger partial charge is 0.176 e. The van der Waals surface area contributed by atoms with Crippen molar-refractivity contribution in [2.45, 2.75) is 13.5 Å². The Labute approximate surface area is 117 Å². The van der Waals surface area contributed by atoms with Crippen LogP contribution in [0.25, 0.3) is 0 Å². The lowest BCUT2D eigenvalue weighted by Crippen LogP contribution is -2.20. The molecule has 3 rings (SSSR count). The summed E-state index contributed by atoms with van der Waals surface area (Å²) < 4.78 is 1.88. The Morgan fingerprint density at radius 2 is 1.85 bits per heavy atom. The normalized spacial score (nSPS) is 13.4. The minimum absolute atomic E-state index is 0.0281. The van der Waals surface area contributed by atoms with Crippen LogP contribution < -0.4 is 4.90 Å². The zero-order valence-corrected chi connectivity index (χ0v) is 11.8. The lowest BCUT2D eigenvalue weighted by molar-refractivity contribution is 0.101. The number of carbonyl (C=O) groups is 1. The van der Waals surface area contributed by atoms with Crippen molar-refractivity contribution in [3.05, 3.63) is 41.6 Å². The summed E-state index contributed by atoms with van der Waals surface area (Å²) in [6, 6.07) is 9.74. The van der Waals surface area contributed by atoms with Crippen LogP contribution in [0.5, 0.6) is 0 Å². The molecule has 0 spiro atoms. The third-order valence-corrected chi connectivity index (χ3v) is 3.57. The second-order valence-electron chi connectivity index (χ2n) is 5.04. The number of aromatic nitrogens is 1. The van der Waals surface area contributed by atoms with Gasteiger partial charge in [0, 0.05) is 27.6 Å². The van der Waals surface area contributed by atoms with Gasteiger partial charge in [-0.1, -0.05) is 18.2 Å². The summed E-state index contributed by atoms with van der Waals surface area (Å²) >= 11 is 0. The zero-order valence-electron chi connectivity index (χ0n) is 11.8. The third kappa shape index (κ3) is 1.91. The van der Waals surface area contributed by atoms with Crippen LogP contribution in [0, 0.1) is 0 Å². The number of benzene rings is 1. The van der Waals surface area contributed by atoms with Crippen molar-refractivity contribution in [3.63, 3.8) is 0 Å². The summed E-state index contributed by atoms with van der Waals surface area (Å²) in [5, 5.41) is 8.62. The molecule has 1 aliphatic rings. The van der Waals surface area contributed by atoms with E-state index in [1.165, 1.54) is 0 Å². The molecule has 0 aliphatic carbocycles. The van der Waals surface area contributed by atoms with Gasteiger partial charge in [0.15, 0.2) is 5.78 Å². The summed E-state index contributed by atoms with van der Waals surface area (Å²) in [5.74, 6) is 0.939. The van der Waals surface area contributed by atoms with Gasteiger partial charge in [0.1, 0.15) is 11.5 Å². The first-order chi connectivity index (χ1) is 9.58. The zero-order chi connectivity index (χ0) is 14.3. The molecule has 1 aromatic carbocycles. The van der Waals surface area contributed by atoms with Crippen molar-refractivity contribution in [3.8, 4) is 0 Å². The predicted octanol–water partition coefficient (Wildman–Crippen LogP) is 3.59. The van der Waals surface area contributed by atoms with Gasteiger partial charge >= 0.3 is 0 Å². The first-order valence-electron chi connectivity index (χ1n) is 6.49. The van der Waals surface area contributed by atoms with Gasteiger partial charge in [0.2, 0.25) is 0 Å². The fraction of sp³-hybridized carbons (Fsp3) is 0.267. The van der Waals surface area contributed by atoms with E-state index in [1.807, 2.05) is 42.9 Å². The molecule has 5 heteroatoms. The highest BCUT2D eigenvalue weighted by atomic mass is 16.1. The molecular formula is C15H16N4O. The number of Topliss-reactive ketones (excluding diaryl/α,β-unsaturated/α-hetero) is 1. The van der Waals surface area contributed by atoms with Crippen molar-refractivity contribution in [2.75, 3.05) is 11.9 Å². The van der Waals surface area contributed by atoms with Crippen LogP contribution in [-0.4, -0.2) is 17.4 Å². The first kappa shape index (κ1) is 12.6. The van der Waals surface area contributed by atoms with Crippen molar-refractivity contribution in [1.29, 1.82) is 0 Å². The highest BCUT2D eigenvalue weighted by Gasteiger charge is 2.21. The van der Waals surface area contributed by atoms with Crippen LogP contribution >= 0.6 is 0 Å². The van der Waals surface area contributed by atoms with E-state index in [2.05, 4.69) is 15.1 Å². The van der Waals surface area contributed by atoms with Gasteiger partial charge in [-0.15, -0.1) is 5.11 Å². The number of rotatable bonds is 1. The molecule has 0 unspecified atom stereocenters. The van der Waals surface area contributed by atoms with E-state index in [9.17, 15) is 4.79 Å². The Morgan fingerprint density at radius 3 is 2.60 bits per heavy atom. The van der Waals surface area contributed by atoms with Gasteiger partial charge in [-0.05, 0) is 17.7 Å². The molecule has 2 heterocycles. The molecule has 1 aromatic heterocycles. The fourth-order valence-corrected chi connectivity index (χ4v) is 2.62. The van der Waals surface area contributed by atoms with Crippen molar-refractivity contribution in [1.82, 2.24) is 4.57 Å². The molecule has 102 valence electrons. The quantitative estimate of drug-likeness (QED) is 0.742.